The largest absolute Gasteiger partial charge is 0.339 e. The minimum atomic E-state index is -4.31. The number of ketones is 1. The van der Waals surface area contributed by atoms with Crippen LogP contribution in [0.2, 0.25) is 0 Å². The van der Waals surface area contributed by atoms with Crippen molar-refractivity contribution in [3.8, 4) is 0 Å². The average molecular weight is 809 g/mol. The van der Waals surface area contributed by atoms with Gasteiger partial charge in [-0.1, -0.05) is 40.9 Å². The van der Waals surface area contributed by atoms with Crippen molar-refractivity contribution < 1.29 is 40.2 Å². The minimum Gasteiger partial charge on any atom is -0.339 e. The third-order valence-electron chi connectivity index (χ3n) is 10.5. The Hall–Kier alpha value is -3.41. The number of hydrogen-bond donors (Lipinski definition) is 2. The van der Waals surface area contributed by atoms with Gasteiger partial charge in [0.25, 0.3) is 16.0 Å². The Balaban J connectivity index is 1.30. The molecule has 2 aliphatic heterocycles. The maximum absolute atomic E-state index is 14.4. The maximum Gasteiger partial charge on any atom is 0.297 e. The number of carbonyl (C=O) groups excluding carboxylic acids is 4. The third kappa shape index (κ3) is 8.00. The van der Waals surface area contributed by atoms with Crippen LogP contribution in [0.5, 0.6) is 0 Å². The number of benzene rings is 1. The molecule has 3 fully saturated rings. The Kier molecular flexibility index (Phi) is 10.4. The molecule has 1 aromatic carbocycles. The number of fused-ring (bicyclic) bond motifs is 2. The summed E-state index contributed by atoms with van der Waals surface area (Å²) >= 11 is 3.28. The smallest absolute Gasteiger partial charge is 0.297 e. The molecule has 14 nitrogen and oxygen atoms in total. The number of carbonyl (C=O) groups is 4. The van der Waals surface area contributed by atoms with E-state index in [1.165, 1.54) is 27.8 Å². The van der Waals surface area contributed by atoms with E-state index in [0.29, 0.717) is 30.2 Å². The first kappa shape index (κ1) is 37.4. The molecular weight excluding hydrogens is 766 g/mol. The highest BCUT2D eigenvalue weighted by Crippen LogP contribution is 2.57. The number of sulfonamides is 1. The molecule has 2 aliphatic carbocycles. The Bertz CT molecular complexity index is 1960. The van der Waals surface area contributed by atoms with E-state index in [9.17, 15) is 36.0 Å². The molecule has 0 bridgehead atoms. The zero-order valence-corrected chi connectivity index (χ0v) is 31.6. The van der Waals surface area contributed by atoms with Crippen molar-refractivity contribution in [2.75, 3.05) is 6.54 Å². The molecule has 17 heteroatoms. The van der Waals surface area contributed by atoms with Crippen LogP contribution in [0.15, 0.2) is 58.0 Å². The fourth-order valence-electron chi connectivity index (χ4n) is 6.88. The number of aryl methyl sites for hydroxylation is 1. The van der Waals surface area contributed by atoms with E-state index >= 15 is 0 Å². The lowest BCUT2D eigenvalue weighted by atomic mass is 9.91. The normalized spacial score (nSPS) is 28.8. The van der Waals surface area contributed by atoms with Crippen LogP contribution in [0, 0.1) is 11.3 Å². The first-order valence-corrected chi connectivity index (χ1v) is 20.8. The van der Waals surface area contributed by atoms with Crippen LogP contribution in [-0.4, -0.2) is 84.5 Å². The first-order valence-electron chi connectivity index (χ1n) is 17.1. The van der Waals surface area contributed by atoms with Gasteiger partial charge in [-0.3, -0.25) is 32.8 Å². The van der Waals surface area contributed by atoms with E-state index < -0.39 is 77.9 Å². The number of halogens is 1. The fraction of sp³-hybridized carbons (Fsp3) is 0.559. The predicted molar refractivity (Wildman–Crippen MR) is 188 cm³/mol. The van der Waals surface area contributed by atoms with E-state index in [-0.39, 0.29) is 42.8 Å². The molecular formula is C34H42BrN5O9S2. The molecule has 0 unspecified atom stereocenters. The van der Waals surface area contributed by atoms with Gasteiger partial charge < -0.3 is 10.2 Å². The van der Waals surface area contributed by atoms with Crippen molar-refractivity contribution in [2.45, 2.75) is 99.0 Å². The number of Topliss-reactive ketones (excluding diaryl/α,β-unsaturated/α-hetero) is 1. The molecule has 0 radical (unpaired) electrons. The Labute approximate surface area is 306 Å². The quantitative estimate of drug-likeness (QED) is 0.296. The van der Waals surface area contributed by atoms with Gasteiger partial charge in [-0.05, 0) is 81.7 Å². The van der Waals surface area contributed by atoms with Crippen molar-refractivity contribution in [3.05, 3.63) is 58.8 Å². The van der Waals surface area contributed by atoms with Crippen LogP contribution >= 0.6 is 15.9 Å². The summed E-state index contributed by atoms with van der Waals surface area (Å²) in [7, 11) is -6.64. The third-order valence-corrected chi connectivity index (χ3v) is 14.5. The van der Waals surface area contributed by atoms with Crippen LogP contribution in [0.1, 0.15) is 81.6 Å². The van der Waals surface area contributed by atoms with Gasteiger partial charge in [-0.25, -0.2) is 8.42 Å². The fourth-order valence-corrected chi connectivity index (χ4v) is 9.55. The molecule has 1 aromatic heterocycles. The second kappa shape index (κ2) is 14.2. The van der Waals surface area contributed by atoms with Crippen LogP contribution in [0.4, 0.5) is 0 Å². The molecule has 4 aliphatic rings. The molecule has 2 saturated carbocycles. The summed E-state index contributed by atoms with van der Waals surface area (Å²) in [6.45, 7) is 1.30. The predicted octanol–water partition coefficient (Wildman–Crippen LogP) is 3.14. The Morgan fingerprint density at radius 3 is 2.43 bits per heavy atom. The first-order chi connectivity index (χ1) is 24.0. The van der Waals surface area contributed by atoms with Crippen molar-refractivity contribution in [3.63, 3.8) is 0 Å². The van der Waals surface area contributed by atoms with Crippen LogP contribution in [0.3, 0.4) is 0 Å². The number of rotatable bonds is 8. The molecule has 0 spiro atoms. The molecule has 3 heterocycles. The summed E-state index contributed by atoms with van der Waals surface area (Å²) in [5, 5.41) is 6.91. The van der Waals surface area contributed by atoms with Gasteiger partial charge >= 0.3 is 0 Å². The van der Waals surface area contributed by atoms with Gasteiger partial charge in [-0.15, -0.1) is 0 Å². The summed E-state index contributed by atoms with van der Waals surface area (Å²) in [4.78, 5) is 56.8. The summed E-state index contributed by atoms with van der Waals surface area (Å²) in [6.07, 6.45) is 7.81. The molecule has 276 valence electrons. The van der Waals surface area contributed by atoms with Gasteiger partial charge in [-0.2, -0.15) is 13.5 Å². The standard InChI is InChI=1S/C34H42BrN5O9S2/c1-33(15-16-33)51(47,48)38-32(44)34-19-22(34)8-6-4-3-5-7-9-27(36-30(42)26-14-17-39(2)37-26)31(43)40-21-24(18-28(40)29(41)20-34)49-50(45,46)25-12-10-23(35)11-13-25/h6,8,10-14,17,22,24,27-28H,3-5,7,9,15-16,18-21H2,1-2H3,(H,36,42)(H,38,44)/b8-6-/t22-,24-,27-,28-,34+/m0/s1. The highest BCUT2D eigenvalue weighted by Gasteiger charge is 2.62. The van der Waals surface area contributed by atoms with E-state index in [4.69, 9.17) is 4.18 Å². The highest BCUT2D eigenvalue weighted by molar-refractivity contribution is 9.10. The number of hydrogen-bond acceptors (Lipinski definition) is 10. The molecule has 1 saturated heterocycles. The molecule has 2 N–H and O–H groups in total. The lowest BCUT2D eigenvalue weighted by molar-refractivity contribution is -0.140. The monoisotopic (exact) mass is 807 g/mol. The van der Waals surface area contributed by atoms with Crippen molar-refractivity contribution in [1.82, 2.24) is 24.7 Å². The van der Waals surface area contributed by atoms with Crippen LogP contribution < -0.4 is 10.0 Å². The van der Waals surface area contributed by atoms with Gasteiger partial charge in [0.15, 0.2) is 5.78 Å². The number of allylic oxidation sites excluding steroid dienone is 2. The van der Waals surface area contributed by atoms with Gasteiger partial charge in [0.2, 0.25) is 21.8 Å². The van der Waals surface area contributed by atoms with Crippen LogP contribution in [0.25, 0.3) is 0 Å². The summed E-state index contributed by atoms with van der Waals surface area (Å²) < 4.78 is 61.7. The van der Waals surface area contributed by atoms with Gasteiger partial charge in [0.1, 0.15) is 11.7 Å². The molecule has 51 heavy (non-hydrogen) atoms. The summed E-state index contributed by atoms with van der Waals surface area (Å²) in [5.41, 5.74) is -1.25. The second-order valence-corrected chi connectivity index (χ2v) is 19.0. The van der Waals surface area contributed by atoms with Crippen LogP contribution in [-0.2, 0) is 45.8 Å². The highest BCUT2D eigenvalue weighted by atomic mass is 79.9. The van der Waals surface area contributed by atoms with E-state index in [1.807, 2.05) is 12.2 Å². The number of nitrogens with zero attached hydrogens (tertiary/aromatic N) is 3. The number of amides is 3. The summed E-state index contributed by atoms with van der Waals surface area (Å²) in [6, 6.07) is 5.08. The molecule has 6 rings (SSSR count). The Morgan fingerprint density at radius 2 is 1.76 bits per heavy atom. The van der Waals surface area contributed by atoms with Crippen molar-refractivity contribution >= 4 is 59.6 Å². The van der Waals surface area contributed by atoms with Gasteiger partial charge in [0, 0.05) is 37.1 Å². The van der Waals surface area contributed by atoms with Crippen molar-refractivity contribution in [1.29, 1.82) is 0 Å². The zero-order valence-electron chi connectivity index (χ0n) is 28.4. The minimum absolute atomic E-state index is 0.102. The zero-order chi connectivity index (χ0) is 36.8. The molecule has 3 amide bonds. The lowest BCUT2D eigenvalue weighted by Gasteiger charge is -2.29. The summed E-state index contributed by atoms with van der Waals surface area (Å²) in [5.74, 6) is -2.85. The second-order valence-electron chi connectivity index (χ2n) is 14.3. The molecule has 2 aromatic rings. The Morgan fingerprint density at radius 1 is 1.04 bits per heavy atom. The number of aromatic nitrogens is 2. The van der Waals surface area contributed by atoms with E-state index in [2.05, 4.69) is 31.1 Å². The van der Waals surface area contributed by atoms with E-state index in [0.717, 1.165) is 12.8 Å². The van der Waals surface area contributed by atoms with Gasteiger partial charge in [0.05, 0.1) is 27.2 Å². The van der Waals surface area contributed by atoms with E-state index in [1.54, 1.807) is 32.3 Å². The molecule has 5 atom stereocenters. The SMILES string of the molecule is Cn1ccc(C(=O)N[C@H]2CCCCC/C=C\[C@H]3C[C@@]3(C(=O)NS(=O)(=O)C3(C)CC3)CC(=O)[C@@H]3C[C@H](OS(=O)(=O)c4ccc(Br)cc4)CN3C2=O)n1. The maximum atomic E-state index is 14.4. The van der Waals surface area contributed by atoms with Crippen molar-refractivity contribution in [2.24, 2.45) is 18.4 Å². The average Bonchev–Trinajstić information content (AvgIpc) is 3.87. The number of nitrogens with one attached hydrogen (secondary N) is 2. The topological polar surface area (TPSA) is 191 Å². The lowest BCUT2D eigenvalue weighted by Crippen LogP contribution is -2.52.